The molecule has 1 unspecified atom stereocenters. The lowest BCUT2D eigenvalue weighted by Gasteiger charge is -2.08. The molecule has 0 bridgehead atoms. The van der Waals surface area contributed by atoms with E-state index >= 15 is 0 Å². The summed E-state index contributed by atoms with van der Waals surface area (Å²) >= 11 is 0. The summed E-state index contributed by atoms with van der Waals surface area (Å²) in [6.07, 6.45) is 6.07. The summed E-state index contributed by atoms with van der Waals surface area (Å²) in [7, 11) is 3.07. The first-order valence-electron chi connectivity index (χ1n) is 9.82. The first kappa shape index (κ1) is 19.7. The molecule has 0 radical (unpaired) electrons. The number of fused-ring (bicyclic) bond motifs is 1. The largest absolute Gasteiger partial charge is 0.494 e. The third-order valence-corrected chi connectivity index (χ3v) is 5.21. The molecular formula is C21H20N6O5. The molecule has 2 N–H and O–H groups in total. The number of hydrogen-bond donors (Lipinski definition) is 2. The van der Waals surface area contributed by atoms with Crippen LogP contribution in [-0.4, -0.2) is 62.4 Å². The van der Waals surface area contributed by atoms with Crippen LogP contribution in [0.1, 0.15) is 0 Å². The maximum Gasteiger partial charge on any atom is 0.407 e. The summed E-state index contributed by atoms with van der Waals surface area (Å²) in [4.78, 5) is 20.1. The first-order valence-corrected chi connectivity index (χ1v) is 9.82. The van der Waals surface area contributed by atoms with Crippen LogP contribution in [-0.2, 0) is 11.3 Å². The number of ether oxygens (including phenoxy) is 3. The van der Waals surface area contributed by atoms with Gasteiger partial charge in [-0.25, -0.2) is 14.8 Å². The van der Waals surface area contributed by atoms with Gasteiger partial charge in [-0.05, 0) is 18.2 Å². The summed E-state index contributed by atoms with van der Waals surface area (Å²) in [6.45, 7) is 0.847. The molecule has 4 aromatic heterocycles. The van der Waals surface area contributed by atoms with Crippen LogP contribution in [0.15, 0.2) is 43.0 Å². The lowest BCUT2D eigenvalue weighted by Crippen LogP contribution is -2.20. The molecular weight excluding hydrogens is 416 g/mol. The van der Waals surface area contributed by atoms with Gasteiger partial charge in [0.05, 0.1) is 55.8 Å². The van der Waals surface area contributed by atoms with E-state index in [2.05, 4.69) is 20.4 Å². The van der Waals surface area contributed by atoms with Crippen LogP contribution >= 0.6 is 0 Å². The third-order valence-electron chi connectivity index (χ3n) is 5.21. The lowest BCUT2D eigenvalue weighted by atomic mass is 10.1. The fourth-order valence-corrected chi connectivity index (χ4v) is 3.62. The van der Waals surface area contributed by atoms with Crippen LogP contribution in [0.4, 0.5) is 4.79 Å². The van der Waals surface area contributed by atoms with E-state index in [4.69, 9.17) is 14.2 Å². The molecule has 0 aromatic carbocycles. The van der Waals surface area contributed by atoms with Gasteiger partial charge in [-0.2, -0.15) is 5.10 Å². The Bertz CT molecular complexity index is 1310. The normalized spacial score (nSPS) is 15.6. The molecule has 32 heavy (non-hydrogen) atoms. The second-order valence-electron chi connectivity index (χ2n) is 7.22. The third kappa shape index (κ3) is 3.43. The van der Waals surface area contributed by atoms with E-state index in [1.807, 2.05) is 0 Å². The van der Waals surface area contributed by atoms with Crippen LogP contribution in [0, 0.1) is 0 Å². The maximum absolute atomic E-state index is 11.2. The van der Waals surface area contributed by atoms with E-state index in [-0.39, 0.29) is 12.0 Å². The molecule has 0 spiro atoms. The highest BCUT2D eigenvalue weighted by Crippen LogP contribution is 2.33. The Morgan fingerprint density at radius 2 is 2.12 bits per heavy atom. The Morgan fingerprint density at radius 3 is 2.88 bits per heavy atom. The van der Waals surface area contributed by atoms with Gasteiger partial charge in [0, 0.05) is 24.2 Å². The number of amides is 1. The van der Waals surface area contributed by atoms with Gasteiger partial charge in [0.15, 0.2) is 5.75 Å². The molecule has 0 aliphatic carbocycles. The van der Waals surface area contributed by atoms with Crippen molar-refractivity contribution in [2.24, 2.45) is 0 Å². The van der Waals surface area contributed by atoms with E-state index in [1.54, 1.807) is 59.3 Å². The zero-order chi connectivity index (χ0) is 22.2. The van der Waals surface area contributed by atoms with Crippen molar-refractivity contribution >= 4 is 17.0 Å². The van der Waals surface area contributed by atoms with Crippen LogP contribution in [0.3, 0.4) is 0 Å². The van der Waals surface area contributed by atoms with Gasteiger partial charge in [-0.3, -0.25) is 9.25 Å². The fourth-order valence-electron chi connectivity index (χ4n) is 3.62. The van der Waals surface area contributed by atoms with Crippen molar-refractivity contribution in [1.82, 2.24) is 29.6 Å². The SMILES string of the molecule is COc1cc(-c2ccc3c(O)n(-c4cnn(CC5CNC(=O)O5)c4)cc3n2)cnc1OC. The highest BCUT2D eigenvalue weighted by molar-refractivity contribution is 5.87. The van der Waals surface area contributed by atoms with E-state index in [0.29, 0.717) is 47.0 Å². The number of nitrogens with zero attached hydrogens (tertiary/aromatic N) is 5. The van der Waals surface area contributed by atoms with Crippen molar-refractivity contribution in [1.29, 1.82) is 0 Å². The van der Waals surface area contributed by atoms with Gasteiger partial charge < -0.3 is 24.6 Å². The summed E-state index contributed by atoms with van der Waals surface area (Å²) in [5.41, 5.74) is 2.70. The predicted octanol–water partition coefficient (Wildman–Crippen LogP) is 2.12. The summed E-state index contributed by atoms with van der Waals surface area (Å²) < 4.78 is 18.9. The number of carbonyl (C=O) groups excluding carboxylic acids is 1. The average Bonchev–Trinajstić information content (AvgIpc) is 3.52. The second-order valence-corrected chi connectivity index (χ2v) is 7.22. The van der Waals surface area contributed by atoms with Gasteiger partial charge in [0.2, 0.25) is 5.88 Å². The zero-order valence-electron chi connectivity index (χ0n) is 17.3. The quantitative estimate of drug-likeness (QED) is 0.471. The van der Waals surface area contributed by atoms with E-state index in [9.17, 15) is 9.90 Å². The maximum atomic E-state index is 11.2. The topological polar surface area (TPSA) is 126 Å². The van der Waals surface area contributed by atoms with Crippen molar-refractivity contribution in [3.63, 3.8) is 0 Å². The Balaban J connectivity index is 1.45. The minimum absolute atomic E-state index is 0.0537. The highest BCUT2D eigenvalue weighted by atomic mass is 16.6. The highest BCUT2D eigenvalue weighted by Gasteiger charge is 2.23. The molecule has 11 nitrogen and oxygen atoms in total. The van der Waals surface area contributed by atoms with Gasteiger partial charge in [-0.1, -0.05) is 0 Å². The monoisotopic (exact) mass is 436 g/mol. The minimum Gasteiger partial charge on any atom is -0.494 e. The van der Waals surface area contributed by atoms with Crippen molar-refractivity contribution in [3.05, 3.63) is 43.0 Å². The minimum atomic E-state index is -0.428. The standard InChI is InChI=1S/C21H20N6O5/c1-30-18-5-12(6-22-19(18)31-2)16-4-3-15-17(25-16)11-27(20(15)28)13-7-24-26(9-13)10-14-8-23-21(29)32-14/h3-7,9,11,14,28H,8,10H2,1-2H3,(H,23,29). The number of cyclic esters (lactones) is 1. The molecule has 1 aliphatic heterocycles. The van der Waals surface area contributed by atoms with E-state index in [1.165, 1.54) is 7.11 Å². The number of rotatable bonds is 6. The number of hydrogen-bond acceptors (Lipinski definition) is 8. The molecule has 5 rings (SSSR count). The van der Waals surface area contributed by atoms with Crippen molar-refractivity contribution in [3.8, 4) is 34.5 Å². The lowest BCUT2D eigenvalue weighted by molar-refractivity contribution is 0.129. The number of pyridine rings is 2. The van der Waals surface area contributed by atoms with Gasteiger partial charge in [0.1, 0.15) is 6.10 Å². The molecule has 1 amide bonds. The number of aromatic hydroxyl groups is 1. The molecule has 1 atom stereocenters. The number of nitrogens with one attached hydrogen (secondary N) is 1. The number of methoxy groups -OCH3 is 2. The molecule has 164 valence electrons. The molecule has 0 saturated carbocycles. The molecule has 5 heterocycles. The van der Waals surface area contributed by atoms with Crippen LogP contribution in [0.5, 0.6) is 17.5 Å². The van der Waals surface area contributed by atoms with Crippen molar-refractivity contribution < 1.29 is 24.1 Å². The van der Waals surface area contributed by atoms with Gasteiger partial charge in [-0.15, -0.1) is 0 Å². The van der Waals surface area contributed by atoms with E-state index < -0.39 is 6.09 Å². The first-order chi connectivity index (χ1) is 15.6. The number of alkyl carbamates (subject to hydrolysis) is 1. The summed E-state index contributed by atoms with van der Waals surface area (Å²) in [5.74, 6) is 0.946. The van der Waals surface area contributed by atoms with Gasteiger partial charge >= 0.3 is 6.09 Å². The van der Waals surface area contributed by atoms with Crippen molar-refractivity contribution in [2.75, 3.05) is 20.8 Å². The molecule has 1 fully saturated rings. The smallest absolute Gasteiger partial charge is 0.407 e. The van der Waals surface area contributed by atoms with Crippen LogP contribution < -0.4 is 14.8 Å². The molecule has 4 aromatic rings. The average molecular weight is 436 g/mol. The van der Waals surface area contributed by atoms with E-state index in [0.717, 1.165) is 5.56 Å². The molecule has 1 aliphatic rings. The summed E-state index contributed by atoms with van der Waals surface area (Å²) in [6, 6.07) is 5.40. The zero-order valence-corrected chi connectivity index (χ0v) is 17.3. The Morgan fingerprint density at radius 1 is 1.25 bits per heavy atom. The van der Waals surface area contributed by atoms with Crippen molar-refractivity contribution in [2.45, 2.75) is 12.6 Å². The number of carbonyl (C=O) groups is 1. The predicted molar refractivity (Wildman–Crippen MR) is 113 cm³/mol. The Kier molecular flexibility index (Phi) is 4.77. The number of aromatic nitrogens is 5. The fraction of sp³-hybridized carbons (Fsp3) is 0.238. The summed E-state index contributed by atoms with van der Waals surface area (Å²) in [5, 5.41) is 18.3. The second kappa shape index (κ2) is 7.76. The Labute approximate surface area is 182 Å². The van der Waals surface area contributed by atoms with Crippen LogP contribution in [0.2, 0.25) is 0 Å². The Hall–Kier alpha value is -4.28. The van der Waals surface area contributed by atoms with Crippen LogP contribution in [0.25, 0.3) is 27.8 Å². The molecule has 11 heteroatoms. The van der Waals surface area contributed by atoms with Gasteiger partial charge in [0.25, 0.3) is 5.88 Å². The molecule has 1 saturated heterocycles.